The summed E-state index contributed by atoms with van der Waals surface area (Å²) in [4.78, 5) is 24.6. The van der Waals surface area contributed by atoms with Crippen LogP contribution in [0.25, 0.3) is 10.8 Å². The summed E-state index contributed by atoms with van der Waals surface area (Å²) < 4.78 is 0. The van der Waals surface area contributed by atoms with E-state index in [0.29, 0.717) is 11.1 Å². The summed E-state index contributed by atoms with van der Waals surface area (Å²) in [6.07, 6.45) is 8.93. The molecule has 150 valence electrons. The molecule has 28 heavy (non-hydrogen) atoms. The van der Waals surface area contributed by atoms with Gasteiger partial charge < -0.3 is 11.5 Å². The lowest BCUT2D eigenvalue weighted by Gasteiger charge is -2.23. The van der Waals surface area contributed by atoms with Crippen molar-refractivity contribution in [1.29, 1.82) is 0 Å². The Morgan fingerprint density at radius 3 is 2.36 bits per heavy atom. The number of fused-ring (bicyclic) bond motifs is 3. The Labute approximate surface area is 166 Å². The van der Waals surface area contributed by atoms with Crippen molar-refractivity contribution in [2.24, 2.45) is 11.5 Å². The van der Waals surface area contributed by atoms with E-state index in [1.165, 1.54) is 0 Å². The van der Waals surface area contributed by atoms with Gasteiger partial charge in [-0.25, -0.2) is 0 Å². The Bertz CT molecular complexity index is 874. The quantitative estimate of drug-likeness (QED) is 0.329. The van der Waals surface area contributed by atoms with Crippen LogP contribution in [0.3, 0.4) is 0 Å². The molecule has 0 spiro atoms. The highest BCUT2D eigenvalue weighted by atomic mass is 16.2. The molecule has 0 unspecified atom stereocenters. The number of rotatable bonds is 10. The SMILES string of the molecule is CCCC(N)(N)CCCCCCCc1cc2ccccc2c2c1C(=O)NC2=O. The van der Waals surface area contributed by atoms with E-state index in [4.69, 9.17) is 11.5 Å². The van der Waals surface area contributed by atoms with Crippen molar-refractivity contribution in [3.8, 4) is 0 Å². The third kappa shape index (κ3) is 4.59. The van der Waals surface area contributed by atoms with Gasteiger partial charge in [0.05, 0.1) is 16.8 Å². The number of hydrogen-bond acceptors (Lipinski definition) is 4. The number of carbonyl (C=O) groups is 2. The molecule has 0 atom stereocenters. The lowest BCUT2D eigenvalue weighted by molar-refractivity contribution is 0.0880. The van der Waals surface area contributed by atoms with Crippen LogP contribution in [0, 0.1) is 0 Å². The molecule has 3 rings (SSSR count). The molecule has 5 N–H and O–H groups in total. The maximum atomic E-state index is 12.3. The summed E-state index contributed by atoms with van der Waals surface area (Å²) in [5, 5.41) is 4.32. The van der Waals surface area contributed by atoms with Crippen molar-refractivity contribution >= 4 is 22.6 Å². The van der Waals surface area contributed by atoms with Gasteiger partial charge in [0.25, 0.3) is 11.8 Å². The summed E-state index contributed by atoms with van der Waals surface area (Å²) in [7, 11) is 0. The Morgan fingerprint density at radius 1 is 0.893 bits per heavy atom. The molecule has 1 aliphatic rings. The van der Waals surface area contributed by atoms with Crippen LogP contribution >= 0.6 is 0 Å². The van der Waals surface area contributed by atoms with Crippen molar-refractivity contribution in [2.45, 2.75) is 70.4 Å². The molecule has 0 radical (unpaired) electrons. The monoisotopic (exact) mass is 381 g/mol. The van der Waals surface area contributed by atoms with Crippen LogP contribution in [-0.4, -0.2) is 17.5 Å². The average Bonchev–Trinajstić information content (AvgIpc) is 2.95. The minimum Gasteiger partial charge on any atom is -0.313 e. The summed E-state index contributed by atoms with van der Waals surface area (Å²) in [6.45, 7) is 2.10. The van der Waals surface area contributed by atoms with Crippen LogP contribution in [0.2, 0.25) is 0 Å². The molecule has 2 amide bonds. The Hall–Kier alpha value is -2.24. The minimum absolute atomic E-state index is 0.265. The number of imide groups is 1. The van der Waals surface area contributed by atoms with Crippen LogP contribution in [0.4, 0.5) is 0 Å². The fourth-order valence-electron chi connectivity index (χ4n) is 4.22. The van der Waals surface area contributed by atoms with Gasteiger partial charge in [-0.1, -0.05) is 69.4 Å². The largest absolute Gasteiger partial charge is 0.313 e. The van der Waals surface area contributed by atoms with Crippen LogP contribution in [0.5, 0.6) is 0 Å². The van der Waals surface area contributed by atoms with Gasteiger partial charge in [-0.3, -0.25) is 14.9 Å². The van der Waals surface area contributed by atoms with Gasteiger partial charge in [0.2, 0.25) is 0 Å². The lowest BCUT2D eigenvalue weighted by Crippen LogP contribution is -2.48. The van der Waals surface area contributed by atoms with Crippen molar-refractivity contribution < 1.29 is 9.59 Å². The Morgan fingerprint density at radius 2 is 1.57 bits per heavy atom. The van der Waals surface area contributed by atoms with E-state index in [0.717, 1.165) is 74.1 Å². The molecule has 1 heterocycles. The molecule has 0 fully saturated rings. The molecule has 1 aliphatic heterocycles. The van der Waals surface area contributed by atoms with E-state index in [9.17, 15) is 9.59 Å². The smallest absolute Gasteiger partial charge is 0.259 e. The fourth-order valence-corrected chi connectivity index (χ4v) is 4.22. The van der Waals surface area contributed by atoms with Gasteiger partial charge in [-0.05, 0) is 42.0 Å². The Balaban J connectivity index is 1.57. The van der Waals surface area contributed by atoms with Gasteiger partial charge in [-0.15, -0.1) is 0 Å². The molecule has 5 nitrogen and oxygen atoms in total. The standard InChI is InChI=1S/C23H31N3O2/c1-2-13-23(24,25)14-9-5-3-4-6-11-17-15-16-10-7-8-12-18(16)20-19(17)21(27)26-22(20)28/h7-8,10,12,15H,2-6,9,11,13-14,24-25H2,1H3,(H,26,27,28). The highest BCUT2D eigenvalue weighted by Crippen LogP contribution is 2.30. The zero-order valence-corrected chi connectivity index (χ0v) is 16.7. The molecule has 0 saturated heterocycles. The zero-order chi connectivity index (χ0) is 20.1. The van der Waals surface area contributed by atoms with Gasteiger partial charge in [-0.2, -0.15) is 0 Å². The first-order valence-corrected chi connectivity index (χ1v) is 10.4. The van der Waals surface area contributed by atoms with Crippen molar-refractivity contribution in [3.05, 3.63) is 47.0 Å². The molecule has 0 aliphatic carbocycles. The second-order valence-corrected chi connectivity index (χ2v) is 8.04. The third-order valence-electron chi connectivity index (χ3n) is 5.62. The molecule has 2 aromatic carbocycles. The fraction of sp³-hybridized carbons (Fsp3) is 0.478. The number of nitrogens with two attached hydrogens (primary N) is 2. The van der Waals surface area contributed by atoms with E-state index in [1.54, 1.807) is 0 Å². The number of carbonyl (C=O) groups excluding carboxylic acids is 2. The average molecular weight is 382 g/mol. The molecule has 0 saturated carbocycles. The van der Waals surface area contributed by atoms with Gasteiger partial charge in [0, 0.05) is 0 Å². The van der Waals surface area contributed by atoms with E-state index in [-0.39, 0.29) is 11.8 Å². The van der Waals surface area contributed by atoms with Gasteiger partial charge >= 0.3 is 0 Å². The molecule has 0 bridgehead atoms. The normalized spacial score (nSPS) is 13.8. The maximum Gasteiger partial charge on any atom is 0.259 e. The van der Waals surface area contributed by atoms with Crippen molar-refractivity contribution in [3.63, 3.8) is 0 Å². The van der Waals surface area contributed by atoms with Gasteiger partial charge in [0.15, 0.2) is 0 Å². The van der Waals surface area contributed by atoms with Gasteiger partial charge in [0.1, 0.15) is 0 Å². The number of nitrogens with one attached hydrogen (secondary N) is 1. The number of benzene rings is 2. The van der Waals surface area contributed by atoms with Crippen molar-refractivity contribution in [2.75, 3.05) is 0 Å². The number of hydrogen-bond donors (Lipinski definition) is 3. The molecular weight excluding hydrogens is 350 g/mol. The van der Waals surface area contributed by atoms with E-state index >= 15 is 0 Å². The van der Waals surface area contributed by atoms with Crippen LogP contribution < -0.4 is 16.8 Å². The summed E-state index contributed by atoms with van der Waals surface area (Å²) in [6, 6.07) is 9.83. The van der Waals surface area contributed by atoms with E-state index in [2.05, 4.69) is 18.3 Å². The lowest BCUT2D eigenvalue weighted by atomic mass is 9.92. The number of amides is 2. The minimum atomic E-state index is -0.527. The highest BCUT2D eigenvalue weighted by Gasteiger charge is 2.31. The van der Waals surface area contributed by atoms with Crippen LogP contribution in [0.1, 0.15) is 84.6 Å². The second kappa shape index (κ2) is 8.84. The highest BCUT2D eigenvalue weighted by molar-refractivity contribution is 6.27. The molecule has 2 aromatic rings. The summed E-state index contributed by atoms with van der Waals surface area (Å²) in [5.74, 6) is -0.545. The van der Waals surface area contributed by atoms with Crippen LogP contribution in [-0.2, 0) is 6.42 Å². The maximum absolute atomic E-state index is 12.3. The van der Waals surface area contributed by atoms with Crippen molar-refractivity contribution in [1.82, 2.24) is 5.32 Å². The number of aryl methyl sites for hydroxylation is 1. The second-order valence-electron chi connectivity index (χ2n) is 8.04. The topological polar surface area (TPSA) is 98.2 Å². The first kappa shape index (κ1) is 20.5. The Kier molecular flexibility index (Phi) is 6.47. The predicted molar refractivity (Wildman–Crippen MR) is 113 cm³/mol. The number of unbranched alkanes of at least 4 members (excludes halogenated alkanes) is 4. The first-order chi connectivity index (χ1) is 13.4. The first-order valence-electron chi connectivity index (χ1n) is 10.4. The van der Waals surface area contributed by atoms with Crippen LogP contribution in [0.15, 0.2) is 30.3 Å². The van der Waals surface area contributed by atoms with E-state index in [1.807, 2.05) is 24.3 Å². The molecule has 5 heteroatoms. The third-order valence-corrected chi connectivity index (χ3v) is 5.62. The summed E-state index contributed by atoms with van der Waals surface area (Å²) in [5.41, 5.74) is 13.7. The molecule has 0 aromatic heterocycles. The summed E-state index contributed by atoms with van der Waals surface area (Å²) >= 11 is 0. The predicted octanol–water partition coefficient (Wildman–Crippen LogP) is 4.02. The molecular formula is C23H31N3O2. The van der Waals surface area contributed by atoms with E-state index < -0.39 is 5.66 Å². The zero-order valence-electron chi connectivity index (χ0n) is 16.7.